The molecule has 0 saturated carbocycles. The summed E-state index contributed by atoms with van der Waals surface area (Å²) in [5.41, 5.74) is 0.363. The Balaban J connectivity index is 1.90. The number of carbonyl (C=O) groups is 1. The van der Waals surface area contributed by atoms with E-state index in [1.807, 2.05) is 13.8 Å². The van der Waals surface area contributed by atoms with Crippen molar-refractivity contribution in [2.24, 2.45) is 5.92 Å². The van der Waals surface area contributed by atoms with Crippen LogP contribution in [-0.4, -0.2) is 25.5 Å². The molecule has 3 aromatic rings. The quantitative estimate of drug-likeness (QED) is 0.754. The van der Waals surface area contributed by atoms with Gasteiger partial charge in [0.15, 0.2) is 0 Å². The van der Waals surface area contributed by atoms with Crippen molar-refractivity contribution < 1.29 is 18.0 Å². The molecular weight excluding hydrogens is 359 g/mol. The molecule has 1 atom stereocenters. The van der Waals surface area contributed by atoms with Gasteiger partial charge in [0.2, 0.25) is 5.82 Å². The van der Waals surface area contributed by atoms with Gasteiger partial charge in [0.1, 0.15) is 0 Å². The van der Waals surface area contributed by atoms with Crippen LogP contribution in [0.4, 0.5) is 13.2 Å². The first-order valence-electron chi connectivity index (χ1n) is 8.33. The van der Waals surface area contributed by atoms with Crippen LogP contribution in [0.15, 0.2) is 36.5 Å². The van der Waals surface area contributed by atoms with Crippen LogP contribution in [0.2, 0.25) is 0 Å². The monoisotopic (exact) mass is 377 g/mol. The van der Waals surface area contributed by atoms with Crippen LogP contribution in [0, 0.1) is 12.8 Å². The summed E-state index contributed by atoms with van der Waals surface area (Å²) in [6, 6.07) is 6.04. The van der Waals surface area contributed by atoms with Crippen LogP contribution in [0.1, 0.15) is 47.3 Å². The molecule has 2 heterocycles. The van der Waals surface area contributed by atoms with Crippen LogP contribution in [0.25, 0.3) is 5.78 Å². The van der Waals surface area contributed by atoms with Gasteiger partial charge in [0.05, 0.1) is 11.6 Å². The van der Waals surface area contributed by atoms with Gasteiger partial charge in [-0.25, -0.2) is 9.50 Å². The maximum atomic E-state index is 13.0. The van der Waals surface area contributed by atoms with E-state index in [-0.39, 0.29) is 17.5 Å². The highest BCUT2D eigenvalue weighted by atomic mass is 19.4. The highest BCUT2D eigenvalue weighted by Crippen LogP contribution is 2.32. The molecule has 0 radical (unpaired) electrons. The van der Waals surface area contributed by atoms with Crippen LogP contribution in [-0.2, 0) is 6.18 Å². The van der Waals surface area contributed by atoms with Crippen molar-refractivity contribution in [3.8, 4) is 0 Å². The van der Waals surface area contributed by atoms with Crippen LogP contribution in [0.3, 0.4) is 0 Å². The zero-order valence-corrected chi connectivity index (χ0v) is 14.9. The molecule has 1 N–H and O–H groups in total. The highest BCUT2D eigenvalue weighted by molar-refractivity contribution is 5.91. The molecule has 1 unspecified atom stereocenters. The third-order valence-electron chi connectivity index (χ3n) is 4.16. The van der Waals surface area contributed by atoms with E-state index in [4.69, 9.17) is 0 Å². The summed E-state index contributed by atoms with van der Waals surface area (Å²) in [6.07, 6.45) is -2.89. The lowest BCUT2D eigenvalue weighted by atomic mass is 9.94. The number of benzene rings is 1. The topological polar surface area (TPSA) is 72.2 Å². The molecule has 27 heavy (non-hydrogen) atoms. The Hall–Kier alpha value is -2.97. The lowest BCUT2D eigenvalue weighted by molar-refractivity contribution is -0.137. The van der Waals surface area contributed by atoms with E-state index in [2.05, 4.69) is 20.4 Å². The van der Waals surface area contributed by atoms with Gasteiger partial charge >= 0.3 is 6.18 Å². The van der Waals surface area contributed by atoms with Gasteiger partial charge in [-0.1, -0.05) is 26.0 Å². The number of nitrogens with zero attached hydrogens (tertiary/aromatic N) is 4. The molecule has 0 fully saturated rings. The summed E-state index contributed by atoms with van der Waals surface area (Å²) in [7, 11) is 0. The van der Waals surface area contributed by atoms with Gasteiger partial charge < -0.3 is 5.32 Å². The lowest BCUT2D eigenvalue weighted by Gasteiger charge is -2.23. The summed E-state index contributed by atoms with van der Waals surface area (Å²) in [4.78, 5) is 20.7. The largest absolute Gasteiger partial charge is 0.416 e. The first-order chi connectivity index (χ1) is 12.7. The highest BCUT2D eigenvalue weighted by Gasteiger charge is 2.31. The van der Waals surface area contributed by atoms with Gasteiger partial charge in [-0.2, -0.15) is 18.2 Å². The fourth-order valence-corrected chi connectivity index (χ4v) is 2.75. The number of alkyl halides is 3. The number of carbonyl (C=O) groups excluding carboxylic acids is 1. The van der Waals surface area contributed by atoms with Gasteiger partial charge in [-0.15, -0.1) is 5.10 Å². The van der Waals surface area contributed by atoms with E-state index in [1.165, 1.54) is 10.6 Å². The Morgan fingerprint density at radius 1 is 1.22 bits per heavy atom. The Bertz CT molecular complexity index is 981. The van der Waals surface area contributed by atoms with Crippen molar-refractivity contribution in [1.29, 1.82) is 0 Å². The van der Waals surface area contributed by atoms with E-state index in [1.54, 1.807) is 25.3 Å². The van der Waals surface area contributed by atoms with Crippen molar-refractivity contribution in [3.63, 3.8) is 0 Å². The molecule has 9 heteroatoms. The summed E-state index contributed by atoms with van der Waals surface area (Å²) < 4.78 is 40.4. The predicted octanol–water partition coefficient (Wildman–Crippen LogP) is 3.58. The molecule has 3 rings (SSSR count). The number of rotatable bonds is 4. The normalized spacial score (nSPS) is 13.1. The molecule has 0 saturated heterocycles. The molecule has 0 aliphatic rings. The molecule has 0 aliphatic heterocycles. The van der Waals surface area contributed by atoms with Crippen LogP contribution < -0.4 is 5.32 Å². The first kappa shape index (κ1) is 18.8. The molecule has 2 aromatic heterocycles. The van der Waals surface area contributed by atoms with E-state index in [9.17, 15) is 18.0 Å². The molecule has 0 bridgehead atoms. The SMILES string of the molecule is Cc1ccnc2nc(C(=O)NC(c3cccc(C(F)(F)F)c3)C(C)C)nn12. The van der Waals surface area contributed by atoms with Gasteiger partial charge in [-0.05, 0) is 36.6 Å². The van der Waals surface area contributed by atoms with E-state index < -0.39 is 23.7 Å². The number of halogens is 3. The van der Waals surface area contributed by atoms with Crippen molar-refractivity contribution in [1.82, 2.24) is 24.9 Å². The number of fused-ring (bicyclic) bond motifs is 1. The van der Waals surface area contributed by atoms with Crippen molar-refractivity contribution in [2.75, 3.05) is 0 Å². The smallest absolute Gasteiger partial charge is 0.342 e. The minimum atomic E-state index is -4.45. The second kappa shape index (κ2) is 6.98. The zero-order valence-electron chi connectivity index (χ0n) is 14.9. The summed E-state index contributed by atoms with van der Waals surface area (Å²) in [5, 5.41) is 6.86. The first-order valence-corrected chi connectivity index (χ1v) is 8.33. The second-order valence-electron chi connectivity index (χ2n) is 6.55. The van der Waals surface area contributed by atoms with E-state index >= 15 is 0 Å². The summed E-state index contributed by atoms with van der Waals surface area (Å²) in [6.45, 7) is 5.42. The number of amides is 1. The maximum absolute atomic E-state index is 13.0. The molecule has 0 spiro atoms. The van der Waals surface area contributed by atoms with E-state index in [0.29, 0.717) is 5.56 Å². The third kappa shape index (κ3) is 3.91. The minimum Gasteiger partial charge on any atom is -0.342 e. The number of aromatic nitrogens is 4. The number of hydrogen-bond donors (Lipinski definition) is 1. The molecular formula is C18H18F3N5O. The standard InChI is InChI=1S/C18H18F3N5O/c1-10(2)14(12-5-4-6-13(9-12)18(19,20)21)23-16(27)15-24-17-22-8-7-11(3)26(17)25-15/h4-10,14H,1-3H3,(H,23,27). The van der Waals surface area contributed by atoms with Crippen molar-refractivity contribution in [2.45, 2.75) is 33.0 Å². The Labute approximate surface area is 153 Å². The summed E-state index contributed by atoms with van der Waals surface area (Å²) >= 11 is 0. The van der Waals surface area contributed by atoms with Gasteiger partial charge in [0.25, 0.3) is 11.7 Å². The fourth-order valence-electron chi connectivity index (χ4n) is 2.75. The number of aryl methyl sites for hydroxylation is 1. The average Bonchev–Trinajstić information content (AvgIpc) is 3.04. The summed E-state index contributed by atoms with van der Waals surface area (Å²) in [5.74, 6) is -0.528. The number of nitrogens with one attached hydrogen (secondary N) is 1. The Morgan fingerprint density at radius 2 is 1.96 bits per heavy atom. The Morgan fingerprint density at radius 3 is 2.59 bits per heavy atom. The van der Waals surface area contributed by atoms with E-state index in [0.717, 1.165) is 17.8 Å². The van der Waals surface area contributed by atoms with Gasteiger partial charge in [0, 0.05) is 11.9 Å². The zero-order chi connectivity index (χ0) is 19.8. The Kier molecular flexibility index (Phi) is 4.86. The number of hydrogen-bond acceptors (Lipinski definition) is 4. The molecule has 6 nitrogen and oxygen atoms in total. The second-order valence-corrected chi connectivity index (χ2v) is 6.55. The van der Waals surface area contributed by atoms with Crippen LogP contribution >= 0.6 is 0 Å². The maximum Gasteiger partial charge on any atom is 0.416 e. The molecule has 0 aliphatic carbocycles. The molecule has 1 aromatic carbocycles. The average molecular weight is 377 g/mol. The molecule has 142 valence electrons. The fraction of sp³-hybridized carbons (Fsp3) is 0.333. The predicted molar refractivity (Wildman–Crippen MR) is 92.0 cm³/mol. The van der Waals surface area contributed by atoms with Crippen molar-refractivity contribution >= 4 is 11.7 Å². The lowest BCUT2D eigenvalue weighted by Crippen LogP contribution is -2.32. The van der Waals surface area contributed by atoms with Gasteiger partial charge in [-0.3, -0.25) is 4.79 Å². The van der Waals surface area contributed by atoms with Crippen LogP contribution in [0.5, 0.6) is 0 Å². The van der Waals surface area contributed by atoms with Crippen molar-refractivity contribution in [3.05, 3.63) is 59.2 Å². The minimum absolute atomic E-state index is 0.0885. The third-order valence-corrected chi connectivity index (χ3v) is 4.16. The molecule has 1 amide bonds.